The summed E-state index contributed by atoms with van der Waals surface area (Å²) in [5.41, 5.74) is 1.75. The summed E-state index contributed by atoms with van der Waals surface area (Å²) in [5, 5.41) is 20.8. The molecule has 0 unspecified atom stereocenters. The second-order valence-electron chi connectivity index (χ2n) is 6.55. The average molecular weight is 377 g/mol. The van der Waals surface area contributed by atoms with Crippen LogP contribution < -0.4 is 5.32 Å². The van der Waals surface area contributed by atoms with Crippen LogP contribution in [0.3, 0.4) is 0 Å². The molecular weight excluding hydrogens is 356 g/mol. The van der Waals surface area contributed by atoms with Gasteiger partial charge in [-0.25, -0.2) is 4.68 Å². The van der Waals surface area contributed by atoms with Crippen LogP contribution in [0, 0.1) is 5.92 Å². The van der Waals surface area contributed by atoms with E-state index in [0.29, 0.717) is 30.7 Å². The maximum absolute atomic E-state index is 12.7. The van der Waals surface area contributed by atoms with Crippen molar-refractivity contribution in [3.8, 4) is 5.69 Å². The van der Waals surface area contributed by atoms with Gasteiger partial charge >= 0.3 is 5.97 Å². The Kier molecular flexibility index (Phi) is 5.56. The molecule has 0 aliphatic heterocycles. The first kappa shape index (κ1) is 18.4. The molecule has 138 valence electrons. The topological polar surface area (TPSA) is 97.1 Å². The van der Waals surface area contributed by atoms with Crippen molar-refractivity contribution in [2.45, 2.75) is 45.1 Å². The number of aliphatic carboxylic acids is 1. The molecule has 1 aliphatic carbocycles. The van der Waals surface area contributed by atoms with Gasteiger partial charge < -0.3 is 10.4 Å². The molecule has 2 N–H and O–H groups in total. The number of carboxylic acid groups (broad SMARTS) is 1. The number of rotatable bonds is 6. The fourth-order valence-electron chi connectivity index (χ4n) is 3.35. The summed E-state index contributed by atoms with van der Waals surface area (Å²) in [4.78, 5) is 23.8. The summed E-state index contributed by atoms with van der Waals surface area (Å²) < 4.78 is 1.64. The highest BCUT2D eigenvalue weighted by molar-refractivity contribution is 6.30. The van der Waals surface area contributed by atoms with Gasteiger partial charge in [-0.1, -0.05) is 36.2 Å². The van der Waals surface area contributed by atoms with Gasteiger partial charge in [0, 0.05) is 11.1 Å². The number of carbonyl (C=O) groups is 2. The van der Waals surface area contributed by atoms with Gasteiger partial charge in [0.25, 0.3) is 5.91 Å². The lowest BCUT2D eigenvalue weighted by molar-refractivity contribution is -0.141. The molecule has 3 rings (SSSR count). The number of carbonyl (C=O) groups excluding carboxylic acids is 1. The average Bonchev–Trinajstić information content (AvgIpc) is 3.22. The van der Waals surface area contributed by atoms with E-state index in [4.69, 9.17) is 16.7 Å². The lowest BCUT2D eigenvalue weighted by Crippen LogP contribution is -2.34. The predicted octanol–water partition coefficient (Wildman–Crippen LogP) is 2.86. The zero-order valence-electron chi connectivity index (χ0n) is 14.5. The monoisotopic (exact) mass is 376 g/mol. The van der Waals surface area contributed by atoms with Crippen molar-refractivity contribution in [2.24, 2.45) is 5.92 Å². The summed E-state index contributed by atoms with van der Waals surface area (Å²) in [6.45, 7) is 2.02. The Morgan fingerprint density at radius 1 is 1.38 bits per heavy atom. The Morgan fingerprint density at radius 3 is 2.85 bits per heavy atom. The Bertz CT molecular complexity index is 821. The van der Waals surface area contributed by atoms with Crippen LogP contribution in [0.1, 0.15) is 48.8 Å². The highest BCUT2D eigenvalue weighted by Crippen LogP contribution is 2.26. The quantitative estimate of drug-likeness (QED) is 0.807. The third-order valence-corrected chi connectivity index (χ3v) is 4.87. The van der Waals surface area contributed by atoms with Crippen LogP contribution in [0.2, 0.25) is 5.02 Å². The molecule has 2 aromatic rings. The van der Waals surface area contributed by atoms with Crippen LogP contribution in [-0.2, 0) is 11.2 Å². The Morgan fingerprint density at radius 2 is 2.19 bits per heavy atom. The van der Waals surface area contributed by atoms with E-state index in [-0.39, 0.29) is 17.6 Å². The fraction of sp³-hybridized carbons (Fsp3) is 0.444. The molecule has 8 heteroatoms. The fourth-order valence-corrected chi connectivity index (χ4v) is 3.53. The molecule has 1 aromatic carbocycles. The normalized spacial score (nSPS) is 19.5. The molecule has 1 fully saturated rings. The number of hydrogen-bond donors (Lipinski definition) is 2. The van der Waals surface area contributed by atoms with Gasteiger partial charge in [0.05, 0.1) is 17.3 Å². The molecule has 0 spiro atoms. The van der Waals surface area contributed by atoms with E-state index in [0.717, 1.165) is 17.8 Å². The van der Waals surface area contributed by atoms with Crippen LogP contribution in [0.4, 0.5) is 0 Å². The molecule has 0 radical (unpaired) electrons. The number of hydrogen-bond acceptors (Lipinski definition) is 4. The van der Waals surface area contributed by atoms with E-state index in [9.17, 15) is 9.59 Å². The number of carboxylic acids is 1. The summed E-state index contributed by atoms with van der Waals surface area (Å²) in [5.74, 6) is -1.50. The largest absolute Gasteiger partial charge is 0.481 e. The summed E-state index contributed by atoms with van der Waals surface area (Å²) in [7, 11) is 0. The van der Waals surface area contributed by atoms with Crippen molar-refractivity contribution in [3.63, 3.8) is 0 Å². The molecular formula is C18H21ClN4O3. The van der Waals surface area contributed by atoms with Gasteiger partial charge in [-0.05, 0) is 43.9 Å². The summed E-state index contributed by atoms with van der Waals surface area (Å²) in [6.07, 6.45) is 3.17. The van der Waals surface area contributed by atoms with Crippen LogP contribution in [0.15, 0.2) is 24.3 Å². The maximum Gasteiger partial charge on any atom is 0.306 e. The zero-order valence-corrected chi connectivity index (χ0v) is 15.2. The molecule has 1 aliphatic rings. The van der Waals surface area contributed by atoms with Crippen LogP contribution in [0.5, 0.6) is 0 Å². The molecule has 2 atom stereocenters. The number of amides is 1. The van der Waals surface area contributed by atoms with Crippen molar-refractivity contribution in [3.05, 3.63) is 40.7 Å². The first-order valence-corrected chi connectivity index (χ1v) is 9.11. The second kappa shape index (κ2) is 7.86. The van der Waals surface area contributed by atoms with Gasteiger partial charge in [0.15, 0.2) is 5.69 Å². The number of benzene rings is 1. The number of nitrogens with one attached hydrogen (secondary N) is 1. The molecule has 1 aromatic heterocycles. The van der Waals surface area contributed by atoms with Crippen LogP contribution in [-0.4, -0.2) is 38.0 Å². The van der Waals surface area contributed by atoms with E-state index in [1.54, 1.807) is 16.8 Å². The minimum absolute atomic E-state index is 0.144. The lowest BCUT2D eigenvalue weighted by Gasteiger charge is -2.12. The van der Waals surface area contributed by atoms with E-state index < -0.39 is 11.9 Å². The molecule has 1 saturated carbocycles. The Balaban J connectivity index is 1.81. The maximum atomic E-state index is 12.7. The number of aromatic nitrogens is 3. The Labute approximate surface area is 156 Å². The van der Waals surface area contributed by atoms with Crippen molar-refractivity contribution in [1.82, 2.24) is 20.3 Å². The first-order valence-electron chi connectivity index (χ1n) is 8.73. The van der Waals surface area contributed by atoms with Crippen molar-refractivity contribution >= 4 is 23.5 Å². The predicted molar refractivity (Wildman–Crippen MR) is 96.6 cm³/mol. The van der Waals surface area contributed by atoms with Crippen LogP contribution >= 0.6 is 11.6 Å². The molecule has 1 amide bonds. The van der Waals surface area contributed by atoms with E-state index >= 15 is 0 Å². The minimum Gasteiger partial charge on any atom is -0.481 e. The van der Waals surface area contributed by atoms with Gasteiger partial charge in [-0.3, -0.25) is 9.59 Å². The third kappa shape index (κ3) is 3.88. The van der Waals surface area contributed by atoms with Gasteiger partial charge in [0.2, 0.25) is 0 Å². The van der Waals surface area contributed by atoms with Gasteiger partial charge in [-0.2, -0.15) is 0 Å². The SMILES string of the molecule is CCCc1c(C(=O)N[C@H]2CC[C@@H](C(=O)O)C2)nnn1-c1cccc(Cl)c1. The number of halogens is 1. The van der Waals surface area contributed by atoms with Crippen molar-refractivity contribution in [2.75, 3.05) is 0 Å². The Hall–Kier alpha value is -2.41. The van der Waals surface area contributed by atoms with E-state index in [2.05, 4.69) is 15.6 Å². The van der Waals surface area contributed by atoms with Crippen molar-refractivity contribution in [1.29, 1.82) is 0 Å². The standard InChI is InChI=1S/C18H21ClN4O3/c1-2-4-15-16(17(24)20-13-8-7-11(9-13)18(25)26)21-22-23(15)14-6-3-5-12(19)10-14/h3,5-6,10-11,13H,2,4,7-9H2,1H3,(H,20,24)(H,25,26)/t11-,13+/m1/s1. The van der Waals surface area contributed by atoms with Gasteiger partial charge in [-0.15, -0.1) is 5.10 Å². The second-order valence-corrected chi connectivity index (χ2v) is 6.98. The van der Waals surface area contributed by atoms with E-state index in [1.807, 2.05) is 19.1 Å². The zero-order chi connectivity index (χ0) is 18.7. The smallest absolute Gasteiger partial charge is 0.306 e. The van der Waals surface area contributed by atoms with E-state index in [1.165, 1.54) is 0 Å². The summed E-state index contributed by atoms with van der Waals surface area (Å²) >= 11 is 6.06. The third-order valence-electron chi connectivity index (χ3n) is 4.63. The van der Waals surface area contributed by atoms with Crippen molar-refractivity contribution < 1.29 is 14.7 Å². The highest BCUT2D eigenvalue weighted by Gasteiger charge is 2.32. The molecule has 1 heterocycles. The molecule has 26 heavy (non-hydrogen) atoms. The van der Waals surface area contributed by atoms with Gasteiger partial charge in [0.1, 0.15) is 0 Å². The highest BCUT2D eigenvalue weighted by atomic mass is 35.5. The minimum atomic E-state index is -0.805. The summed E-state index contributed by atoms with van der Waals surface area (Å²) in [6, 6.07) is 7.07. The molecule has 0 saturated heterocycles. The lowest BCUT2D eigenvalue weighted by atomic mass is 10.1. The number of nitrogens with zero attached hydrogens (tertiary/aromatic N) is 3. The molecule has 0 bridgehead atoms. The first-order chi connectivity index (χ1) is 12.5. The van der Waals surface area contributed by atoms with Crippen LogP contribution in [0.25, 0.3) is 5.69 Å². The molecule has 7 nitrogen and oxygen atoms in total.